The van der Waals surface area contributed by atoms with Crippen molar-refractivity contribution in [2.24, 2.45) is 5.92 Å². The molecule has 0 spiro atoms. The van der Waals surface area contributed by atoms with Crippen LogP contribution in [-0.2, 0) is 11.2 Å². The molecule has 1 aliphatic carbocycles. The van der Waals surface area contributed by atoms with Crippen molar-refractivity contribution in [3.8, 4) is 0 Å². The number of nitrogens with one attached hydrogen (secondary N) is 1. The molecule has 120 valence electrons. The van der Waals surface area contributed by atoms with E-state index in [4.69, 9.17) is 0 Å². The summed E-state index contributed by atoms with van der Waals surface area (Å²) < 4.78 is 0. The van der Waals surface area contributed by atoms with Gasteiger partial charge in [0, 0.05) is 12.2 Å². The number of rotatable bonds is 8. The third kappa shape index (κ3) is 4.93. The molecular formula is C20H24N2O. The highest BCUT2D eigenvalue weighted by atomic mass is 16.2. The van der Waals surface area contributed by atoms with E-state index in [-0.39, 0.29) is 5.91 Å². The Balaban J connectivity index is 1.61. The van der Waals surface area contributed by atoms with Gasteiger partial charge in [0.25, 0.3) is 0 Å². The van der Waals surface area contributed by atoms with Crippen molar-refractivity contribution in [3.63, 3.8) is 0 Å². The van der Waals surface area contributed by atoms with Crippen LogP contribution in [-0.4, -0.2) is 25.5 Å². The van der Waals surface area contributed by atoms with Crippen molar-refractivity contribution in [2.75, 3.05) is 24.5 Å². The molecule has 0 radical (unpaired) electrons. The van der Waals surface area contributed by atoms with Crippen molar-refractivity contribution < 1.29 is 4.79 Å². The van der Waals surface area contributed by atoms with Crippen molar-refractivity contribution in [1.29, 1.82) is 0 Å². The van der Waals surface area contributed by atoms with Crippen LogP contribution in [0.5, 0.6) is 0 Å². The lowest BCUT2D eigenvalue weighted by Gasteiger charge is -2.23. The van der Waals surface area contributed by atoms with Gasteiger partial charge >= 0.3 is 0 Å². The van der Waals surface area contributed by atoms with Crippen LogP contribution < -0.4 is 10.2 Å². The molecule has 3 heteroatoms. The Bertz CT molecular complexity index is 608. The van der Waals surface area contributed by atoms with Gasteiger partial charge in [-0.1, -0.05) is 48.5 Å². The SMILES string of the molecule is O=C(CNCC1CC1)N(CCc1ccccc1)c1ccccc1. The molecule has 3 rings (SSSR count). The van der Waals surface area contributed by atoms with Crippen LogP contribution in [0.2, 0.25) is 0 Å². The lowest BCUT2D eigenvalue weighted by molar-refractivity contribution is -0.117. The third-order valence-electron chi connectivity index (χ3n) is 4.24. The first kappa shape index (κ1) is 15.8. The normalized spacial score (nSPS) is 13.7. The monoisotopic (exact) mass is 308 g/mol. The molecule has 1 amide bonds. The van der Waals surface area contributed by atoms with E-state index in [1.807, 2.05) is 53.4 Å². The smallest absolute Gasteiger partial charge is 0.240 e. The number of carbonyl (C=O) groups is 1. The minimum Gasteiger partial charge on any atom is -0.311 e. The van der Waals surface area contributed by atoms with Gasteiger partial charge < -0.3 is 10.2 Å². The van der Waals surface area contributed by atoms with Crippen LogP contribution in [0.4, 0.5) is 5.69 Å². The van der Waals surface area contributed by atoms with Crippen LogP contribution in [0.15, 0.2) is 60.7 Å². The second kappa shape index (κ2) is 7.93. The summed E-state index contributed by atoms with van der Waals surface area (Å²) in [6.45, 7) is 2.09. The fourth-order valence-electron chi connectivity index (χ4n) is 2.69. The maximum Gasteiger partial charge on any atom is 0.240 e. The first-order chi connectivity index (χ1) is 11.3. The summed E-state index contributed by atoms with van der Waals surface area (Å²) in [5.41, 5.74) is 2.23. The van der Waals surface area contributed by atoms with E-state index in [1.165, 1.54) is 18.4 Å². The van der Waals surface area contributed by atoms with E-state index in [2.05, 4.69) is 17.4 Å². The predicted molar refractivity (Wildman–Crippen MR) is 94.5 cm³/mol. The van der Waals surface area contributed by atoms with E-state index in [9.17, 15) is 4.79 Å². The molecule has 1 fully saturated rings. The first-order valence-corrected chi connectivity index (χ1v) is 8.43. The maximum absolute atomic E-state index is 12.6. The van der Waals surface area contributed by atoms with Crippen molar-refractivity contribution in [1.82, 2.24) is 5.32 Å². The number of amides is 1. The van der Waals surface area contributed by atoms with Crippen molar-refractivity contribution in [3.05, 3.63) is 66.2 Å². The topological polar surface area (TPSA) is 32.3 Å². The first-order valence-electron chi connectivity index (χ1n) is 8.43. The fourth-order valence-corrected chi connectivity index (χ4v) is 2.69. The Labute approximate surface area is 138 Å². The van der Waals surface area contributed by atoms with Crippen LogP contribution >= 0.6 is 0 Å². The molecule has 0 aliphatic heterocycles. The Kier molecular flexibility index (Phi) is 5.43. The maximum atomic E-state index is 12.6. The molecule has 2 aromatic rings. The van der Waals surface area contributed by atoms with Gasteiger partial charge in [0.1, 0.15) is 0 Å². The Morgan fingerprint density at radius 2 is 1.65 bits per heavy atom. The number of hydrogen-bond acceptors (Lipinski definition) is 2. The molecule has 0 saturated heterocycles. The molecule has 1 N–H and O–H groups in total. The fraction of sp³-hybridized carbons (Fsp3) is 0.350. The molecule has 0 unspecified atom stereocenters. The molecule has 0 atom stereocenters. The summed E-state index contributed by atoms with van der Waals surface area (Å²) in [7, 11) is 0. The molecule has 0 bridgehead atoms. The third-order valence-corrected chi connectivity index (χ3v) is 4.24. The second-order valence-electron chi connectivity index (χ2n) is 6.19. The van der Waals surface area contributed by atoms with E-state index in [1.54, 1.807) is 0 Å². The zero-order valence-electron chi connectivity index (χ0n) is 13.4. The Morgan fingerprint density at radius 1 is 1.00 bits per heavy atom. The highest BCUT2D eigenvalue weighted by molar-refractivity contribution is 5.94. The number of nitrogens with zero attached hydrogens (tertiary/aromatic N) is 1. The summed E-state index contributed by atoms with van der Waals surface area (Å²) in [4.78, 5) is 14.5. The largest absolute Gasteiger partial charge is 0.311 e. The number of hydrogen-bond donors (Lipinski definition) is 1. The standard InChI is InChI=1S/C20H24N2O/c23-20(16-21-15-18-11-12-18)22(19-9-5-2-6-10-19)14-13-17-7-3-1-4-8-17/h1-10,18,21H,11-16H2. The van der Waals surface area contributed by atoms with Crippen LogP contribution in [0, 0.1) is 5.92 Å². The van der Waals surface area contributed by atoms with E-state index in [0.717, 1.165) is 24.6 Å². The average molecular weight is 308 g/mol. The summed E-state index contributed by atoms with van der Waals surface area (Å²) in [6.07, 6.45) is 3.47. The number of para-hydroxylation sites is 1. The van der Waals surface area contributed by atoms with Gasteiger partial charge in [0.15, 0.2) is 0 Å². The predicted octanol–water partition coefficient (Wildman–Crippen LogP) is 3.26. The Hall–Kier alpha value is -2.13. The Morgan fingerprint density at radius 3 is 2.30 bits per heavy atom. The molecule has 23 heavy (non-hydrogen) atoms. The van der Waals surface area contributed by atoms with Gasteiger partial charge in [0.05, 0.1) is 6.54 Å². The van der Waals surface area contributed by atoms with Gasteiger partial charge in [0.2, 0.25) is 5.91 Å². The van der Waals surface area contributed by atoms with Gasteiger partial charge in [-0.05, 0) is 49.4 Å². The number of anilines is 1. The van der Waals surface area contributed by atoms with Crippen LogP contribution in [0.1, 0.15) is 18.4 Å². The average Bonchev–Trinajstić information content (AvgIpc) is 3.41. The molecular weight excluding hydrogens is 284 g/mol. The minimum atomic E-state index is 0.146. The van der Waals surface area contributed by atoms with E-state index >= 15 is 0 Å². The van der Waals surface area contributed by atoms with E-state index in [0.29, 0.717) is 13.1 Å². The molecule has 1 aliphatic rings. The van der Waals surface area contributed by atoms with Gasteiger partial charge in [-0.15, -0.1) is 0 Å². The molecule has 0 heterocycles. The highest BCUT2D eigenvalue weighted by Gasteiger charge is 2.21. The van der Waals surface area contributed by atoms with Gasteiger partial charge in [-0.3, -0.25) is 4.79 Å². The summed E-state index contributed by atoms with van der Waals surface area (Å²) in [6, 6.07) is 20.3. The zero-order valence-corrected chi connectivity index (χ0v) is 13.4. The lowest BCUT2D eigenvalue weighted by atomic mass is 10.1. The quantitative estimate of drug-likeness (QED) is 0.812. The number of benzene rings is 2. The zero-order chi connectivity index (χ0) is 15.9. The summed E-state index contributed by atoms with van der Waals surface area (Å²) in [5, 5.41) is 3.30. The van der Waals surface area contributed by atoms with Crippen molar-refractivity contribution in [2.45, 2.75) is 19.3 Å². The molecule has 0 aromatic heterocycles. The molecule has 1 saturated carbocycles. The highest BCUT2D eigenvalue weighted by Crippen LogP contribution is 2.27. The van der Waals surface area contributed by atoms with Gasteiger partial charge in [-0.2, -0.15) is 0 Å². The van der Waals surface area contributed by atoms with E-state index < -0.39 is 0 Å². The lowest BCUT2D eigenvalue weighted by Crippen LogP contribution is -2.40. The second-order valence-corrected chi connectivity index (χ2v) is 6.19. The minimum absolute atomic E-state index is 0.146. The summed E-state index contributed by atoms with van der Waals surface area (Å²) >= 11 is 0. The molecule has 3 nitrogen and oxygen atoms in total. The van der Waals surface area contributed by atoms with Crippen LogP contribution in [0.3, 0.4) is 0 Å². The van der Waals surface area contributed by atoms with Gasteiger partial charge in [-0.25, -0.2) is 0 Å². The van der Waals surface area contributed by atoms with Crippen molar-refractivity contribution >= 4 is 11.6 Å². The van der Waals surface area contributed by atoms with Crippen LogP contribution in [0.25, 0.3) is 0 Å². The molecule has 2 aromatic carbocycles. The summed E-state index contributed by atoms with van der Waals surface area (Å²) in [5.74, 6) is 0.935. The number of carbonyl (C=O) groups excluding carboxylic acids is 1.